The Kier molecular flexibility index (Phi) is 6.95. The molecule has 1 aliphatic rings. The molecule has 0 fully saturated rings. The molecule has 0 aliphatic heterocycles. The van der Waals surface area contributed by atoms with Crippen molar-refractivity contribution >= 4 is 6.09 Å². The van der Waals surface area contributed by atoms with Crippen molar-refractivity contribution < 1.29 is 24.1 Å². The summed E-state index contributed by atoms with van der Waals surface area (Å²) >= 11 is 0. The number of nitrogens with two attached hydrogens (primary N) is 1. The van der Waals surface area contributed by atoms with Gasteiger partial charge in [0.15, 0.2) is 0 Å². The highest BCUT2D eigenvalue weighted by Crippen LogP contribution is 2.30. The van der Waals surface area contributed by atoms with Crippen molar-refractivity contribution in [3.05, 3.63) is 59.2 Å². The Morgan fingerprint density at radius 3 is 2.45 bits per heavy atom. The van der Waals surface area contributed by atoms with Gasteiger partial charge in [-0.05, 0) is 30.0 Å². The monoisotopic (exact) mass is 400 g/mol. The van der Waals surface area contributed by atoms with Gasteiger partial charge in [-0.1, -0.05) is 30.3 Å². The number of hydrogen-bond acceptors (Lipinski definition) is 6. The van der Waals surface area contributed by atoms with E-state index in [9.17, 15) is 9.90 Å². The van der Waals surface area contributed by atoms with Crippen LogP contribution in [0.4, 0.5) is 4.79 Å². The van der Waals surface area contributed by atoms with Gasteiger partial charge in [0.05, 0.1) is 14.2 Å². The molecule has 0 spiro atoms. The summed E-state index contributed by atoms with van der Waals surface area (Å²) in [5.41, 5.74) is 8.67. The van der Waals surface area contributed by atoms with Crippen LogP contribution in [0, 0.1) is 0 Å². The Hall–Kier alpha value is -2.77. The lowest BCUT2D eigenvalue weighted by Crippen LogP contribution is -2.42. The summed E-state index contributed by atoms with van der Waals surface area (Å²) in [4.78, 5) is 13.1. The van der Waals surface area contributed by atoms with Gasteiger partial charge in [-0.15, -0.1) is 0 Å². The summed E-state index contributed by atoms with van der Waals surface area (Å²) in [5.74, 6) is 1.45. The lowest BCUT2D eigenvalue weighted by atomic mass is 10.1. The summed E-state index contributed by atoms with van der Waals surface area (Å²) in [5, 5.41) is 10.4. The Morgan fingerprint density at radius 2 is 1.86 bits per heavy atom. The second-order valence-electron chi connectivity index (χ2n) is 7.22. The number of fused-ring (bicyclic) bond motifs is 1. The third kappa shape index (κ3) is 5.40. The molecule has 3 rings (SSSR count). The first kappa shape index (κ1) is 21.0. The topological polar surface area (TPSA) is 94.3 Å². The zero-order chi connectivity index (χ0) is 20.8. The summed E-state index contributed by atoms with van der Waals surface area (Å²) in [6.07, 6.45) is 0.0759. The fourth-order valence-electron chi connectivity index (χ4n) is 3.84. The summed E-state index contributed by atoms with van der Waals surface area (Å²) in [7, 11) is 3.25. The molecule has 2 aromatic rings. The molecule has 1 amide bonds. The van der Waals surface area contributed by atoms with E-state index in [-0.39, 0.29) is 12.6 Å². The van der Waals surface area contributed by atoms with E-state index in [1.807, 2.05) is 30.3 Å². The van der Waals surface area contributed by atoms with E-state index in [1.165, 1.54) is 11.1 Å². The molecule has 0 saturated carbocycles. The van der Waals surface area contributed by atoms with Gasteiger partial charge >= 0.3 is 6.09 Å². The third-order valence-electron chi connectivity index (χ3n) is 5.28. The molecule has 0 aromatic heterocycles. The SMILES string of the molecule is COc1ccc(CN(CC(O)COC(N)=O)C2Cc3ccccc3C2)c(OC)c1. The number of carbonyl (C=O) groups excluding carboxylic acids is 1. The summed E-state index contributed by atoms with van der Waals surface area (Å²) in [6, 6.07) is 14.3. The van der Waals surface area contributed by atoms with Gasteiger partial charge in [0, 0.05) is 30.8 Å². The van der Waals surface area contributed by atoms with Gasteiger partial charge in [0.1, 0.15) is 24.2 Å². The number of hydrogen-bond donors (Lipinski definition) is 2. The van der Waals surface area contributed by atoms with Crippen LogP contribution in [-0.2, 0) is 24.1 Å². The van der Waals surface area contributed by atoms with E-state index < -0.39 is 12.2 Å². The van der Waals surface area contributed by atoms with E-state index in [1.54, 1.807) is 14.2 Å². The first-order valence-electron chi connectivity index (χ1n) is 9.62. The number of amides is 1. The van der Waals surface area contributed by atoms with Crippen molar-refractivity contribution in [1.29, 1.82) is 0 Å². The van der Waals surface area contributed by atoms with Crippen molar-refractivity contribution in [3.8, 4) is 11.5 Å². The van der Waals surface area contributed by atoms with Gasteiger partial charge in [0.25, 0.3) is 0 Å². The molecular weight excluding hydrogens is 372 g/mol. The minimum Gasteiger partial charge on any atom is -0.497 e. The van der Waals surface area contributed by atoms with Crippen molar-refractivity contribution in [3.63, 3.8) is 0 Å². The minimum atomic E-state index is -0.888. The molecule has 2 aromatic carbocycles. The molecule has 1 aliphatic carbocycles. The van der Waals surface area contributed by atoms with Gasteiger partial charge < -0.3 is 25.1 Å². The van der Waals surface area contributed by atoms with E-state index >= 15 is 0 Å². The smallest absolute Gasteiger partial charge is 0.404 e. The quantitative estimate of drug-likeness (QED) is 0.670. The second-order valence-corrected chi connectivity index (χ2v) is 7.22. The predicted molar refractivity (Wildman–Crippen MR) is 109 cm³/mol. The Morgan fingerprint density at radius 1 is 1.17 bits per heavy atom. The highest BCUT2D eigenvalue weighted by atomic mass is 16.6. The average Bonchev–Trinajstić information content (AvgIpc) is 3.16. The van der Waals surface area contributed by atoms with Crippen molar-refractivity contribution in [2.75, 3.05) is 27.4 Å². The van der Waals surface area contributed by atoms with Crippen LogP contribution in [0.25, 0.3) is 0 Å². The molecule has 0 saturated heterocycles. The lowest BCUT2D eigenvalue weighted by molar-refractivity contribution is 0.0332. The number of carbonyl (C=O) groups is 1. The van der Waals surface area contributed by atoms with Gasteiger partial charge in [-0.2, -0.15) is 0 Å². The fraction of sp³-hybridized carbons (Fsp3) is 0.409. The number of nitrogens with zero attached hydrogens (tertiary/aromatic N) is 1. The number of aliphatic hydroxyl groups is 1. The van der Waals surface area contributed by atoms with E-state index in [0.717, 1.165) is 29.9 Å². The molecule has 7 nitrogen and oxygen atoms in total. The van der Waals surface area contributed by atoms with Crippen LogP contribution in [0.1, 0.15) is 16.7 Å². The van der Waals surface area contributed by atoms with E-state index in [4.69, 9.17) is 19.9 Å². The minimum absolute atomic E-state index is 0.134. The first-order valence-corrected chi connectivity index (χ1v) is 9.62. The van der Waals surface area contributed by atoms with Crippen LogP contribution < -0.4 is 15.2 Å². The van der Waals surface area contributed by atoms with Crippen LogP contribution >= 0.6 is 0 Å². The molecule has 0 bridgehead atoms. The molecule has 3 N–H and O–H groups in total. The zero-order valence-corrected chi connectivity index (χ0v) is 16.8. The Labute approximate surface area is 171 Å². The van der Waals surface area contributed by atoms with Crippen LogP contribution in [-0.4, -0.2) is 55.6 Å². The van der Waals surface area contributed by atoms with Gasteiger partial charge in [-0.3, -0.25) is 4.90 Å². The van der Waals surface area contributed by atoms with Crippen LogP contribution in [0.5, 0.6) is 11.5 Å². The number of aliphatic hydroxyl groups excluding tert-OH is 1. The number of primary amides is 1. The van der Waals surface area contributed by atoms with E-state index in [0.29, 0.717) is 13.1 Å². The number of benzene rings is 2. The molecule has 0 radical (unpaired) electrons. The van der Waals surface area contributed by atoms with Crippen LogP contribution in [0.2, 0.25) is 0 Å². The van der Waals surface area contributed by atoms with Gasteiger partial charge in [0.2, 0.25) is 0 Å². The number of rotatable bonds is 9. The fourth-order valence-corrected chi connectivity index (χ4v) is 3.84. The molecule has 1 atom stereocenters. The second kappa shape index (κ2) is 9.62. The standard InChI is InChI=1S/C22H28N2O5/c1-27-20-8-7-17(21(11-20)28-2)12-24(13-19(25)14-29-22(23)26)18-9-15-5-3-4-6-16(15)10-18/h3-8,11,18-19,25H,9-10,12-14H2,1-2H3,(H2,23,26). The molecular formula is C22H28N2O5. The Balaban J connectivity index is 1.79. The maximum atomic E-state index is 10.9. The molecule has 156 valence electrons. The van der Waals surface area contributed by atoms with Crippen LogP contribution in [0.15, 0.2) is 42.5 Å². The molecule has 7 heteroatoms. The van der Waals surface area contributed by atoms with Crippen molar-refractivity contribution in [2.45, 2.75) is 31.5 Å². The summed E-state index contributed by atoms with van der Waals surface area (Å²) in [6.45, 7) is 0.797. The molecule has 29 heavy (non-hydrogen) atoms. The third-order valence-corrected chi connectivity index (χ3v) is 5.28. The predicted octanol–water partition coefficient (Wildman–Crippen LogP) is 2.13. The highest BCUT2D eigenvalue weighted by molar-refractivity contribution is 5.64. The maximum Gasteiger partial charge on any atom is 0.404 e. The maximum absolute atomic E-state index is 10.9. The average molecular weight is 400 g/mol. The zero-order valence-electron chi connectivity index (χ0n) is 16.8. The number of ether oxygens (including phenoxy) is 3. The normalized spacial score (nSPS) is 14.5. The largest absolute Gasteiger partial charge is 0.497 e. The van der Waals surface area contributed by atoms with Crippen molar-refractivity contribution in [1.82, 2.24) is 4.90 Å². The molecule has 0 heterocycles. The molecule has 1 unspecified atom stereocenters. The Bertz CT molecular complexity index is 817. The summed E-state index contributed by atoms with van der Waals surface area (Å²) < 4.78 is 15.6. The van der Waals surface area contributed by atoms with Gasteiger partial charge in [-0.25, -0.2) is 4.79 Å². The van der Waals surface area contributed by atoms with Crippen LogP contribution in [0.3, 0.4) is 0 Å². The van der Waals surface area contributed by atoms with E-state index in [2.05, 4.69) is 17.0 Å². The number of methoxy groups -OCH3 is 2. The lowest BCUT2D eigenvalue weighted by Gasteiger charge is -2.31. The first-order chi connectivity index (χ1) is 14.0. The van der Waals surface area contributed by atoms with Crippen molar-refractivity contribution in [2.24, 2.45) is 5.73 Å². The highest BCUT2D eigenvalue weighted by Gasteiger charge is 2.29.